The lowest BCUT2D eigenvalue weighted by Gasteiger charge is -2.22. The van der Waals surface area contributed by atoms with Crippen LogP contribution in [0.3, 0.4) is 0 Å². The van der Waals surface area contributed by atoms with Gasteiger partial charge in [-0.2, -0.15) is 21.4 Å². The number of allylic oxidation sites excluding steroid dienone is 5. The van der Waals surface area contributed by atoms with Gasteiger partial charge in [-0.05, 0) is 56.5 Å². The monoisotopic (exact) mass is 652 g/mol. The molecular weight excluding hydrogens is 617 g/mol. The summed E-state index contributed by atoms with van der Waals surface area (Å²) in [6.07, 6.45) is 12.2. The van der Waals surface area contributed by atoms with E-state index in [1.54, 1.807) is 36.6 Å². The number of para-hydroxylation sites is 1. The van der Waals surface area contributed by atoms with Gasteiger partial charge >= 0.3 is 0 Å². The molecule has 2 aromatic carbocycles. The topological polar surface area (TPSA) is 181 Å². The third-order valence-electron chi connectivity index (χ3n) is 7.07. The molecule has 0 saturated carbocycles. The molecular formula is C29H36N2O9S3. The second-order valence-corrected chi connectivity index (χ2v) is 14.9. The molecule has 0 amide bonds. The molecule has 1 unspecified atom stereocenters. The molecule has 1 aliphatic heterocycles. The van der Waals surface area contributed by atoms with E-state index in [-0.39, 0.29) is 17.7 Å². The largest absolute Gasteiger partial charge is 0.748 e. The van der Waals surface area contributed by atoms with Gasteiger partial charge in [-0.15, -0.1) is 0 Å². The van der Waals surface area contributed by atoms with E-state index in [9.17, 15) is 34.4 Å². The summed E-state index contributed by atoms with van der Waals surface area (Å²) < 4.78 is 101. The van der Waals surface area contributed by atoms with Crippen molar-refractivity contribution in [2.24, 2.45) is 0 Å². The van der Waals surface area contributed by atoms with Crippen molar-refractivity contribution in [2.45, 2.75) is 49.3 Å². The molecule has 2 aromatic rings. The van der Waals surface area contributed by atoms with Crippen molar-refractivity contribution < 1.29 is 43.5 Å². The van der Waals surface area contributed by atoms with Gasteiger partial charge in [-0.3, -0.25) is 9.11 Å². The highest BCUT2D eigenvalue weighted by Crippen LogP contribution is 2.44. The first-order chi connectivity index (χ1) is 20.1. The van der Waals surface area contributed by atoms with Gasteiger partial charge in [-0.25, -0.2) is 8.42 Å². The van der Waals surface area contributed by atoms with Crippen LogP contribution in [0, 0.1) is 0 Å². The molecule has 0 spiro atoms. The maximum Gasteiger partial charge on any atom is 0.294 e. The summed E-state index contributed by atoms with van der Waals surface area (Å²) >= 11 is 0. The van der Waals surface area contributed by atoms with E-state index in [0.717, 1.165) is 11.4 Å². The quantitative estimate of drug-likeness (QED) is 0.102. The smallest absolute Gasteiger partial charge is 0.294 e. The first-order valence-electron chi connectivity index (χ1n) is 13.6. The Kier molecular flexibility index (Phi) is 11.6. The zero-order valence-electron chi connectivity index (χ0n) is 23.7. The molecule has 0 saturated heterocycles. The van der Waals surface area contributed by atoms with Crippen molar-refractivity contribution in [3.05, 3.63) is 90.7 Å². The number of nitrogens with one attached hydrogen (secondary N) is 1. The van der Waals surface area contributed by atoms with Crippen LogP contribution >= 0.6 is 0 Å². The number of nitrogens with zero attached hydrogens (tertiary/aromatic N) is 1. The minimum atomic E-state index is -4.53. The van der Waals surface area contributed by atoms with Crippen molar-refractivity contribution in [1.82, 2.24) is 0 Å². The van der Waals surface area contributed by atoms with Crippen LogP contribution in [-0.2, 0) is 35.8 Å². The SMILES string of the molecule is CC1(CCCCS(=O)(=O)O)C(C=CC=CC=CNc2ccccc2)=[N+](CCCCS(=O)(=O)[O-])c2ccc(S(=O)(=O)O)cc21. The Morgan fingerprint density at radius 1 is 0.860 bits per heavy atom. The zero-order valence-corrected chi connectivity index (χ0v) is 26.1. The van der Waals surface area contributed by atoms with Gasteiger partial charge < -0.3 is 9.87 Å². The van der Waals surface area contributed by atoms with Crippen molar-refractivity contribution in [3.8, 4) is 0 Å². The van der Waals surface area contributed by atoms with Crippen molar-refractivity contribution >= 4 is 47.4 Å². The Labute approximate surface area is 253 Å². The standard InChI is InChI=1S/C29H36N2O9S3/c1-29(18-8-11-21-41(32,33)34)26-23-25(43(38,39)40)16-17-27(26)31(20-10-12-22-42(35,36)37)28(29)15-7-2-3-9-19-30-24-13-5-4-6-14-24/h2-7,9,13-17,19,23H,8,10-12,18,20-22H2,1H3,(H3,32,33,34,35,36,37,38,39,40). The normalized spacial score (nSPS) is 17.9. The average Bonchev–Trinajstić information content (AvgIpc) is 3.14. The lowest BCUT2D eigenvalue weighted by molar-refractivity contribution is -0.438. The summed E-state index contributed by atoms with van der Waals surface area (Å²) in [7, 11) is -13.1. The zero-order chi connectivity index (χ0) is 31.7. The van der Waals surface area contributed by atoms with Crippen LogP contribution in [0.5, 0.6) is 0 Å². The summed E-state index contributed by atoms with van der Waals surface area (Å²) in [6.45, 7) is 2.20. The van der Waals surface area contributed by atoms with Gasteiger partial charge in [0.2, 0.25) is 5.69 Å². The molecule has 234 valence electrons. The highest BCUT2D eigenvalue weighted by molar-refractivity contribution is 7.86. The van der Waals surface area contributed by atoms with Crippen LogP contribution in [-0.4, -0.2) is 67.2 Å². The van der Waals surface area contributed by atoms with Crippen LogP contribution in [0.2, 0.25) is 0 Å². The molecule has 3 rings (SSSR count). The first-order valence-corrected chi connectivity index (χ1v) is 18.2. The Hall–Kier alpha value is -3.14. The van der Waals surface area contributed by atoms with Gasteiger partial charge in [0, 0.05) is 41.8 Å². The molecule has 0 aromatic heterocycles. The fourth-order valence-electron chi connectivity index (χ4n) is 5.02. The summed E-state index contributed by atoms with van der Waals surface area (Å²) in [4.78, 5) is -0.297. The highest BCUT2D eigenvalue weighted by Gasteiger charge is 2.47. The Morgan fingerprint density at radius 3 is 2.19 bits per heavy atom. The summed E-state index contributed by atoms with van der Waals surface area (Å²) in [5.74, 6) is -0.939. The fraction of sp³-hybridized carbons (Fsp3) is 0.345. The Balaban J connectivity index is 1.96. The van der Waals surface area contributed by atoms with Gasteiger partial charge in [-0.1, -0.05) is 42.8 Å². The van der Waals surface area contributed by atoms with Gasteiger partial charge in [0.15, 0.2) is 5.71 Å². The summed E-state index contributed by atoms with van der Waals surface area (Å²) in [5, 5.41) is 3.14. The third kappa shape index (κ3) is 10.5. The molecule has 1 aliphatic rings. The first kappa shape index (κ1) is 34.4. The van der Waals surface area contributed by atoms with Gasteiger partial charge in [0.05, 0.1) is 26.2 Å². The van der Waals surface area contributed by atoms with Crippen molar-refractivity contribution in [3.63, 3.8) is 0 Å². The Bertz CT molecular complexity index is 1730. The van der Waals surface area contributed by atoms with E-state index in [2.05, 4.69) is 5.32 Å². The minimum absolute atomic E-state index is 0.127. The van der Waals surface area contributed by atoms with Gasteiger partial charge in [0.1, 0.15) is 6.54 Å². The van der Waals surface area contributed by atoms with Crippen LogP contribution in [0.1, 0.15) is 44.6 Å². The predicted molar refractivity (Wildman–Crippen MR) is 165 cm³/mol. The number of unbranched alkanes of at least 4 members (excludes halogenated alkanes) is 2. The lowest BCUT2D eigenvalue weighted by atomic mass is 9.75. The van der Waals surface area contributed by atoms with Gasteiger partial charge in [0.25, 0.3) is 20.2 Å². The van der Waals surface area contributed by atoms with E-state index in [4.69, 9.17) is 4.55 Å². The van der Waals surface area contributed by atoms with Crippen LogP contribution in [0.15, 0.2) is 90.0 Å². The second kappa shape index (κ2) is 14.6. The summed E-state index contributed by atoms with van der Waals surface area (Å²) in [5.41, 5.74) is 2.06. The molecule has 0 aliphatic carbocycles. The van der Waals surface area contributed by atoms with Crippen LogP contribution in [0.4, 0.5) is 11.4 Å². The number of hydrogen-bond acceptors (Lipinski definition) is 8. The van der Waals surface area contributed by atoms with Crippen LogP contribution in [0.25, 0.3) is 0 Å². The molecule has 1 atom stereocenters. The van der Waals surface area contributed by atoms with Crippen molar-refractivity contribution in [2.75, 3.05) is 23.4 Å². The lowest BCUT2D eigenvalue weighted by Crippen LogP contribution is -2.32. The molecule has 0 radical (unpaired) electrons. The molecule has 11 nitrogen and oxygen atoms in total. The van der Waals surface area contributed by atoms with E-state index >= 15 is 0 Å². The maximum absolute atomic E-state index is 12.0. The Morgan fingerprint density at radius 2 is 1.53 bits per heavy atom. The number of hydrogen-bond donors (Lipinski definition) is 3. The van der Waals surface area contributed by atoms with E-state index in [0.29, 0.717) is 37.1 Å². The average molecular weight is 653 g/mol. The third-order valence-corrected chi connectivity index (χ3v) is 9.51. The number of anilines is 1. The fourth-order valence-corrected chi connectivity index (χ4v) is 6.65. The maximum atomic E-state index is 12.0. The molecule has 0 bridgehead atoms. The molecule has 1 heterocycles. The summed E-state index contributed by atoms with van der Waals surface area (Å²) in [6, 6.07) is 13.8. The molecule has 14 heteroatoms. The van der Waals surface area contributed by atoms with E-state index in [1.807, 2.05) is 47.9 Å². The molecule has 43 heavy (non-hydrogen) atoms. The van der Waals surface area contributed by atoms with Crippen molar-refractivity contribution in [1.29, 1.82) is 0 Å². The van der Waals surface area contributed by atoms with E-state index in [1.165, 1.54) is 12.1 Å². The number of benzene rings is 2. The highest BCUT2D eigenvalue weighted by atomic mass is 32.2. The predicted octanol–water partition coefficient (Wildman–Crippen LogP) is 4.41. The molecule has 0 fully saturated rings. The van der Waals surface area contributed by atoms with Crippen LogP contribution < -0.4 is 5.32 Å². The van der Waals surface area contributed by atoms with E-state index < -0.39 is 47.3 Å². The minimum Gasteiger partial charge on any atom is -0.748 e. The second-order valence-electron chi connectivity index (χ2n) is 10.3. The number of rotatable bonds is 16. The molecule has 3 N–H and O–H groups in total. The number of fused-ring (bicyclic) bond motifs is 1.